The zero-order valence-electron chi connectivity index (χ0n) is 22.1. The smallest absolute Gasteiger partial charge is 0.310 e. The maximum Gasteiger partial charge on any atom is 0.310 e. The van der Waals surface area contributed by atoms with Crippen molar-refractivity contribution in [1.82, 2.24) is 14.7 Å². The van der Waals surface area contributed by atoms with Crippen LogP contribution in [0.15, 0.2) is 12.7 Å². The van der Waals surface area contributed by atoms with Crippen LogP contribution in [0.5, 0.6) is 0 Å². The number of morpholine rings is 1. The SMILES string of the molecule is C=CCN(CCN1CCOCC1)C(=O)C1N(CCCCCCO)C(=O)[C@@H]2[C@@H](C(=O)O)[C@@]3(CC)CCC12O3. The van der Waals surface area contributed by atoms with Crippen LogP contribution in [0.2, 0.25) is 0 Å². The first kappa shape index (κ1) is 28.0. The number of ether oxygens (including phenoxy) is 2. The molecule has 10 heteroatoms. The molecule has 4 fully saturated rings. The minimum absolute atomic E-state index is 0.127. The average Bonchev–Trinajstić information content (AvgIpc) is 3.50. The van der Waals surface area contributed by atoms with Crippen LogP contribution in [-0.4, -0.2) is 119 Å². The molecule has 2 unspecified atom stereocenters. The minimum Gasteiger partial charge on any atom is -0.481 e. The van der Waals surface area contributed by atoms with Crippen molar-refractivity contribution in [2.45, 2.75) is 69.1 Å². The fourth-order valence-electron chi connectivity index (χ4n) is 7.07. The molecule has 0 aromatic heterocycles. The molecule has 4 saturated heterocycles. The van der Waals surface area contributed by atoms with Gasteiger partial charge in [-0.25, -0.2) is 0 Å². The zero-order valence-corrected chi connectivity index (χ0v) is 22.1. The lowest BCUT2D eigenvalue weighted by Gasteiger charge is -2.37. The molecule has 0 radical (unpaired) electrons. The third-order valence-electron chi connectivity index (χ3n) is 8.94. The molecule has 1 spiro atoms. The summed E-state index contributed by atoms with van der Waals surface area (Å²) in [6.07, 6.45) is 6.26. The van der Waals surface area contributed by atoms with E-state index >= 15 is 0 Å². The van der Waals surface area contributed by atoms with Gasteiger partial charge in [-0.2, -0.15) is 0 Å². The Kier molecular flexibility index (Phi) is 8.93. The molecule has 0 aromatic carbocycles. The number of carbonyl (C=O) groups is 3. The van der Waals surface area contributed by atoms with E-state index in [2.05, 4.69) is 11.5 Å². The molecule has 0 aromatic rings. The highest BCUT2D eigenvalue weighted by Crippen LogP contribution is 2.64. The molecule has 37 heavy (non-hydrogen) atoms. The molecule has 10 nitrogen and oxygen atoms in total. The van der Waals surface area contributed by atoms with Crippen LogP contribution in [0, 0.1) is 11.8 Å². The summed E-state index contributed by atoms with van der Waals surface area (Å²) >= 11 is 0. The number of hydrogen-bond donors (Lipinski definition) is 2. The number of unbranched alkanes of at least 4 members (excludes halogenated alkanes) is 3. The van der Waals surface area contributed by atoms with Gasteiger partial charge in [-0.05, 0) is 32.1 Å². The van der Waals surface area contributed by atoms with E-state index < -0.39 is 35.0 Å². The first-order valence-electron chi connectivity index (χ1n) is 13.9. The number of rotatable bonds is 14. The molecule has 4 aliphatic rings. The number of nitrogens with zero attached hydrogens (tertiary/aromatic N) is 3. The quantitative estimate of drug-likeness (QED) is 0.258. The van der Waals surface area contributed by atoms with Crippen molar-refractivity contribution in [3.8, 4) is 0 Å². The number of carboxylic acid groups (broad SMARTS) is 1. The molecule has 0 aliphatic carbocycles. The lowest BCUT2D eigenvalue weighted by molar-refractivity contribution is -0.157. The van der Waals surface area contributed by atoms with Gasteiger partial charge in [0, 0.05) is 45.9 Å². The Morgan fingerprint density at radius 3 is 2.54 bits per heavy atom. The summed E-state index contributed by atoms with van der Waals surface area (Å²) in [6.45, 7) is 10.8. The first-order chi connectivity index (χ1) is 17.8. The fraction of sp³-hybridized carbons (Fsp3) is 0.815. The van der Waals surface area contributed by atoms with E-state index in [0.29, 0.717) is 71.5 Å². The third kappa shape index (κ3) is 5.05. The molecule has 4 heterocycles. The second-order valence-corrected chi connectivity index (χ2v) is 10.9. The lowest BCUT2D eigenvalue weighted by Crippen LogP contribution is -2.57. The van der Waals surface area contributed by atoms with Crippen molar-refractivity contribution in [2.24, 2.45) is 11.8 Å². The van der Waals surface area contributed by atoms with E-state index in [0.717, 1.165) is 25.9 Å². The predicted molar refractivity (Wildman–Crippen MR) is 136 cm³/mol. The molecule has 4 aliphatic heterocycles. The Morgan fingerprint density at radius 2 is 1.89 bits per heavy atom. The number of aliphatic hydroxyl groups is 1. The van der Waals surface area contributed by atoms with E-state index in [4.69, 9.17) is 14.6 Å². The van der Waals surface area contributed by atoms with Crippen molar-refractivity contribution in [3.63, 3.8) is 0 Å². The van der Waals surface area contributed by atoms with Gasteiger partial charge in [-0.1, -0.05) is 25.8 Å². The monoisotopic (exact) mass is 521 g/mol. The van der Waals surface area contributed by atoms with Gasteiger partial charge in [0.05, 0.1) is 24.7 Å². The lowest BCUT2D eigenvalue weighted by atomic mass is 9.65. The van der Waals surface area contributed by atoms with E-state index in [1.807, 2.05) is 6.92 Å². The van der Waals surface area contributed by atoms with Gasteiger partial charge in [0.2, 0.25) is 11.8 Å². The topological polar surface area (TPSA) is 120 Å². The first-order valence-corrected chi connectivity index (χ1v) is 13.9. The molecule has 5 atom stereocenters. The molecule has 2 amide bonds. The van der Waals surface area contributed by atoms with Crippen LogP contribution in [0.25, 0.3) is 0 Å². The summed E-state index contributed by atoms with van der Waals surface area (Å²) in [6, 6.07) is -0.842. The van der Waals surface area contributed by atoms with E-state index in [1.165, 1.54) is 0 Å². The van der Waals surface area contributed by atoms with Crippen molar-refractivity contribution in [2.75, 3.05) is 59.1 Å². The summed E-state index contributed by atoms with van der Waals surface area (Å²) < 4.78 is 12.1. The van der Waals surface area contributed by atoms with Crippen LogP contribution in [0.4, 0.5) is 0 Å². The summed E-state index contributed by atoms with van der Waals surface area (Å²) in [5.41, 5.74) is -2.02. The fourth-order valence-corrected chi connectivity index (χ4v) is 7.07. The number of amides is 2. The zero-order chi connectivity index (χ0) is 26.6. The van der Waals surface area contributed by atoms with Gasteiger partial charge in [-0.3, -0.25) is 19.3 Å². The van der Waals surface area contributed by atoms with Gasteiger partial charge in [0.1, 0.15) is 17.6 Å². The Labute approximate surface area is 219 Å². The number of fused-ring (bicyclic) bond motifs is 1. The maximum atomic E-state index is 14.3. The Morgan fingerprint density at radius 1 is 1.16 bits per heavy atom. The van der Waals surface area contributed by atoms with Crippen molar-refractivity contribution < 1.29 is 34.1 Å². The third-order valence-corrected chi connectivity index (χ3v) is 8.94. The Bertz CT molecular complexity index is 863. The molecule has 208 valence electrons. The maximum absolute atomic E-state index is 14.3. The van der Waals surface area contributed by atoms with Crippen molar-refractivity contribution >= 4 is 17.8 Å². The Hall–Kier alpha value is -2.01. The number of carboxylic acids is 1. The summed E-state index contributed by atoms with van der Waals surface area (Å²) in [5.74, 6) is -3.27. The highest BCUT2D eigenvalue weighted by atomic mass is 16.5. The van der Waals surface area contributed by atoms with Gasteiger partial charge in [0.25, 0.3) is 0 Å². The van der Waals surface area contributed by atoms with Gasteiger partial charge < -0.3 is 29.5 Å². The van der Waals surface area contributed by atoms with Crippen molar-refractivity contribution in [3.05, 3.63) is 12.7 Å². The van der Waals surface area contributed by atoms with E-state index in [9.17, 15) is 19.5 Å². The van der Waals surface area contributed by atoms with Crippen LogP contribution >= 0.6 is 0 Å². The normalized spacial score (nSPS) is 33.1. The molecular formula is C27H43N3O7. The largest absolute Gasteiger partial charge is 0.481 e. The van der Waals surface area contributed by atoms with Crippen LogP contribution in [0.3, 0.4) is 0 Å². The second kappa shape index (κ2) is 11.8. The average molecular weight is 522 g/mol. The molecule has 0 saturated carbocycles. The van der Waals surface area contributed by atoms with E-state index in [1.54, 1.807) is 15.9 Å². The molecular weight excluding hydrogens is 478 g/mol. The highest BCUT2D eigenvalue weighted by Gasteiger charge is 2.78. The van der Waals surface area contributed by atoms with E-state index in [-0.39, 0.29) is 18.4 Å². The second-order valence-electron chi connectivity index (χ2n) is 10.9. The van der Waals surface area contributed by atoms with Crippen LogP contribution in [0.1, 0.15) is 51.9 Å². The number of likely N-dealkylation sites (tertiary alicyclic amines) is 1. The summed E-state index contributed by atoms with van der Waals surface area (Å²) in [4.78, 5) is 46.3. The van der Waals surface area contributed by atoms with Gasteiger partial charge in [0.15, 0.2) is 0 Å². The molecule has 2 bridgehead atoms. The van der Waals surface area contributed by atoms with Crippen LogP contribution in [-0.2, 0) is 23.9 Å². The van der Waals surface area contributed by atoms with Gasteiger partial charge >= 0.3 is 5.97 Å². The summed E-state index contributed by atoms with van der Waals surface area (Å²) in [5, 5.41) is 19.3. The minimum atomic E-state index is -1.11. The highest BCUT2D eigenvalue weighted by molar-refractivity contribution is 5.98. The standard InChI is InChI=1S/C27H43N3O7/c1-3-11-29(14-13-28-15-18-36-19-16-28)24(33)22-27-10-9-26(4-2,37-27)21(25(34)35)20(27)23(32)30(22)12-7-5-6-8-17-31/h3,20-22,31H,1,4-19H2,2H3,(H,34,35)/t20-,21-,22?,26+,27?/m0/s1. The number of hydrogen-bond acceptors (Lipinski definition) is 7. The molecule has 4 rings (SSSR count). The Balaban J connectivity index is 1.61. The number of aliphatic carboxylic acids is 1. The predicted octanol–water partition coefficient (Wildman–Crippen LogP) is 1.13. The number of carbonyl (C=O) groups excluding carboxylic acids is 2. The van der Waals surface area contributed by atoms with Gasteiger partial charge in [-0.15, -0.1) is 6.58 Å². The van der Waals surface area contributed by atoms with Crippen molar-refractivity contribution in [1.29, 1.82) is 0 Å². The number of aliphatic hydroxyl groups excluding tert-OH is 1. The molecule has 2 N–H and O–H groups in total. The summed E-state index contributed by atoms with van der Waals surface area (Å²) in [7, 11) is 0. The van der Waals surface area contributed by atoms with Crippen LogP contribution < -0.4 is 0 Å².